The molecule has 0 bridgehead atoms. The summed E-state index contributed by atoms with van der Waals surface area (Å²) in [5.41, 5.74) is 1.87. The van der Waals surface area contributed by atoms with Gasteiger partial charge in [0.25, 0.3) is 0 Å². The number of aromatic hydroxyl groups is 1. The molecule has 10 heteroatoms. The molecule has 0 fully saturated rings. The fraction of sp³-hybridized carbons (Fsp3) is 0.226. The molecule has 2 atom stereocenters. The fourth-order valence-corrected chi connectivity index (χ4v) is 5.95. The molecule has 3 aliphatic rings. The molecule has 3 aromatic rings. The maximum atomic E-state index is 13.7. The number of benzene rings is 2. The molecule has 0 spiro atoms. The van der Waals surface area contributed by atoms with Gasteiger partial charge >= 0.3 is 11.4 Å². The van der Waals surface area contributed by atoms with Crippen LogP contribution >= 0.6 is 0 Å². The lowest BCUT2D eigenvalue weighted by atomic mass is 9.70. The van der Waals surface area contributed by atoms with Gasteiger partial charge in [0.1, 0.15) is 0 Å². The number of carbonyl (C=O) groups is 2. The molecular weight excluding hydrogens is 526 g/mol. The van der Waals surface area contributed by atoms with Crippen molar-refractivity contribution in [2.75, 3.05) is 14.2 Å². The van der Waals surface area contributed by atoms with E-state index < -0.39 is 23.3 Å². The summed E-state index contributed by atoms with van der Waals surface area (Å²) >= 11 is 0. The number of aromatic nitrogens is 3. The molecule has 10 nitrogen and oxygen atoms in total. The summed E-state index contributed by atoms with van der Waals surface area (Å²) in [6.45, 7) is 1.73. The molecule has 1 aromatic heterocycles. The van der Waals surface area contributed by atoms with Crippen molar-refractivity contribution in [3.63, 3.8) is 0 Å². The number of hydrogen-bond donors (Lipinski definition) is 1. The average molecular weight is 554 g/mol. The van der Waals surface area contributed by atoms with Crippen molar-refractivity contribution in [2.45, 2.75) is 25.9 Å². The van der Waals surface area contributed by atoms with E-state index in [1.165, 1.54) is 29.7 Å². The number of fused-ring (bicyclic) bond motifs is 3. The van der Waals surface area contributed by atoms with Crippen LogP contribution in [0.1, 0.15) is 24.9 Å². The summed E-state index contributed by atoms with van der Waals surface area (Å²) in [5.74, 6) is -0.862. The van der Waals surface area contributed by atoms with E-state index in [0.717, 1.165) is 10.1 Å². The second kappa shape index (κ2) is 9.81. The monoisotopic (exact) mass is 553 g/mol. The average Bonchev–Trinajstić information content (AvgIpc) is 3.24. The Morgan fingerprint density at radius 1 is 0.976 bits per heavy atom. The van der Waals surface area contributed by atoms with Gasteiger partial charge in [-0.15, -0.1) is 0 Å². The van der Waals surface area contributed by atoms with E-state index in [2.05, 4.69) is 0 Å². The summed E-state index contributed by atoms with van der Waals surface area (Å²) in [7, 11) is 2.86. The quantitative estimate of drug-likeness (QED) is 0.381. The largest absolute Gasteiger partial charge is 0.502 e. The zero-order chi connectivity index (χ0) is 29.0. The molecule has 0 unspecified atom stereocenters. The molecule has 41 heavy (non-hydrogen) atoms. The highest BCUT2D eigenvalue weighted by atomic mass is 16.5. The summed E-state index contributed by atoms with van der Waals surface area (Å²) in [6, 6.07) is 11.3. The predicted molar refractivity (Wildman–Crippen MR) is 151 cm³/mol. The number of ketones is 2. The number of phenolic OH excluding ortho intramolecular Hbond substituents is 1. The first kappa shape index (κ1) is 26.1. The minimum atomic E-state index is -0.645. The number of phenols is 1. The molecule has 1 N–H and O–H groups in total. The van der Waals surface area contributed by atoms with Gasteiger partial charge < -0.3 is 14.6 Å². The second-order valence-corrected chi connectivity index (χ2v) is 10.1. The zero-order valence-corrected chi connectivity index (χ0v) is 22.7. The van der Waals surface area contributed by atoms with Crippen molar-refractivity contribution in [3.8, 4) is 22.9 Å². The van der Waals surface area contributed by atoms with Crippen LogP contribution in [0.25, 0.3) is 11.8 Å². The number of hydrogen-bond acceptors (Lipinski definition) is 7. The molecule has 208 valence electrons. The first-order valence-corrected chi connectivity index (χ1v) is 13.1. The van der Waals surface area contributed by atoms with Crippen molar-refractivity contribution < 1.29 is 24.2 Å². The number of Topliss-reactive ketones (excluding diaryl/α,β-unsaturated/α-hetero) is 1. The van der Waals surface area contributed by atoms with Crippen LogP contribution in [-0.4, -0.2) is 44.8 Å². The van der Waals surface area contributed by atoms with Gasteiger partial charge in [-0.25, -0.2) is 23.5 Å². The molecule has 1 aliphatic heterocycles. The van der Waals surface area contributed by atoms with Gasteiger partial charge in [0, 0.05) is 29.1 Å². The number of ether oxygens (including phenoxy) is 2. The Morgan fingerprint density at radius 2 is 1.66 bits per heavy atom. The molecule has 0 amide bonds. The van der Waals surface area contributed by atoms with Gasteiger partial charge in [-0.1, -0.05) is 36.4 Å². The van der Waals surface area contributed by atoms with Gasteiger partial charge in [0.05, 0.1) is 32.5 Å². The van der Waals surface area contributed by atoms with Crippen LogP contribution in [0.15, 0.2) is 92.6 Å². The van der Waals surface area contributed by atoms with Crippen molar-refractivity contribution in [3.05, 3.63) is 110 Å². The van der Waals surface area contributed by atoms with E-state index in [9.17, 15) is 24.3 Å². The Balaban J connectivity index is 1.51. The van der Waals surface area contributed by atoms with Crippen molar-refractivity contribution in [1.82, 2.24) is 13.9 Å². The van der Waals surface area contributed by atoms with Crippen LogP contribution in [0.2, 0.25) is 0 Å². The minimum absolute atomic E-state index is 0.111. The van der Waals surface area contributed by atoms with Gasteiger partial charge in [-0.3, -0.25) is 9.59 Å². The molecule has 2 heterocycles. The van der Waals surface area contributed by atoms with Gasteiger partial charge in [-0.2, -0.15) is 0 Å². The standard InChI is InChI=1S/C31H27N3O7/c1-17-13-24(35)27-21(10-9-18-14-25(40-2)29(37)26(15-18)41-3)20-11-12-32-30(38)33(19-7-5-4-6-8-19)31(39)34(32)23(20)16-22(27)28(17)36/h4-11,13-15,21,23,37H,12,16H2,1-3H3/t21-,23+/m0/s1. The number of rotatable bonds is 5. The van der Waals surface area contributed by atoms with Gasteiger partial charge in [-0.05, 0) is 48.4 Å². The van der Waals surface area contributed by atoms with Crippen molar-refractivity contribution in [1.29, 1.82) is 0 Å². The molecule has 2 aliphatic carbocycles. The summed E-state index contributed by atoms with van der Waals surface area (Å²) < 4.78 is 14.5. The first-order valence-electron chi connectivity index (χ1n) is 13.1. The third-order valence-electron chi connectivity index (χ3n) is 7.88. The SMILES string of the molecule is COc1cc(C=C[C@H]2C3=CCn4c(=O)n(-c5ccccc5)c(=O)n4[C@@H]3CC3=C2C(=O)C=C(C)C3=O)cc(OC)c1O. The van der Waals surface area contributed by atoms with Crippen LogP contribution in [0.5, 0.6) is 17.2 Å². The van der Waals surface area contributed by atoms with Crippen molar-refractivity contribution >= 4 is 17.6 Å². The number of allylic oxidation sites excluding steroid dienone is 7. The highest BCUT2D eigenvalue weighted by Crippen LogP contribution is 2.46. The lowest BCUT2D eigenvalue weighted by Crippen LogP contribution is -2.41. The van der Waals surface area contributed by atoms with Crippen LogP contribution in [0, 0.1) is 5.92 Å². The topological polar surface area (TPSA) is 122 Å². The fourth-order valence-electron chi connectivity index (χ4n) is 5.95. The van der Waals surface area contributed by atoms with E-state index in [1.54, 1.807) is 61.5 Å². The normalized spacial score (nSPS) is 19.9. The number of methoxy groups -OCH3 is 2. The van der Waals surface area contributed by atoms with Crippen LogP contribution in [0.4, 0.5) is 0 Å². The summed E-state index contributed by atoms with van der Waals surface area (Å²) in [5, 5.41) is 10.3. The minimum Gasteiger partial charge on any atom is -0.502 e. The van der Waals surface area contributed by atoms with Gasteiger partial charge in [0.15, 0.2) is 23.1 Å². The molecule has 0 radical (unpaired) electrons. The third kappa shape index (κ3) is 4.02. The molecule has 0 saturated heterocycles. The van der Waals surface area contributed by atoms with Gasteiger partial charge in [0.2, 0.25) is 5.75 Å². The van der Waals surface area contributed by atoms with E-state index in [0.29, 0.717) is 28.0 Å². The van der Waals surface area contributed by atoms with Crippen molar-refractivity contribution in [2.24, 2.45) is 5.92 Å². The molecule has 6 rings (SSSR count). The summed E-state index contributed by atoms with van der Waals surface area (Å²) in [6.07, 6.45) is 6.88. The van der Waals surface area contributed by atoms with E-state index >= 15 is 0 Å². The second-order valence-electron chi connectivity index (χ2n) is 10.1. The predicted octanol–water partition coefficient (Wildman–Crippen LogP) is 3.13. The number of nitrogens with zero attached hydrogens (tertiary/aromatic N) is 3. The third-order valence-corrected chi connectivity index (χ3v) is 7.88. The van der Waals surface area contributed by atoms with Crippen LogP contribution in [0.3, 0.4) is 0 Å². The Kier molecular flexibility index (Phi) is 6.25. The lowest BCUT2D eigenvalue weighted by molar-refractivity contribution is -0.116. The zero-order valence-electron chi connectivity index (χ0n) is 22.7. The Labute approximate surface area is 234 Å². The smallest absolute Gasteiger partial charge is 0.352 e. The van der Waals surface area contributed by atoms with Crippen LogP contribution in [-0.2, 0) is 16.1 Å². The maximum absolute atomic E-state index is 13.7. The number of carbonyl (C=O) groups excluding carboxylic acids is 2. The van der Waals surface area contributed by atoms with E-state index in [1.807, 2.05) is 6.08 Å². The van der Waals surface area contributed by atoms with Crippen LogP contribution < -0.4 is 20.9 Å². The molecule has 2 aromatic carbocycles. The number of para-hydroxylation sites is 1. The first-order chi connectivity index (χ1) is 19.7. The van der Waals surface area contributed by atoms with E-state index in [4.69, 9.17) is 9.47 Å². The molecule has 0 saturated carbocycles. The highest BCUT2D eigenvalue weighted by molar-refractivity contribution is 6.23. The maximum Gasteiger partial charge on any atom is 0.352 e. The Bertz CT molecular complexity index is 1840. The van der Waals surface area contributed by atoms with E-state index in [-0.39, 0.29) is 41.8 Å². The highest BCUT2D eigenvalue weighted by Gasteiger charge is 2.43. The Morgan fingerprint density at radius 3 is 2.32 bits per heavy atom. The Hall–Kier alpha value is -5.12. The molecular formula is C31H27N3O7. The summed E-state index contributed by atoms with van der Waals surface area (Å²) in [4.78, 5) is 53.8. The lowest BCUT2D eigenvalue weighted by Gasteiger charge is -2.38.